The van der Waals surface area contributed by atoms with Crippen molar-refractivity contribution in [1.29, 1.82) is 0 Å². The number of benzene rings is 1. The van der Waals surface area contributed by atoms with Gasteiger partial charge in [-0.1, -0.05) is 13.3 Å². The van der Waals surface area contributed by atoms with Gasteiger partial charge in [-0.05, 0) is 18.6 Å². The van der Waals surface area contributed by atoms with Crippen molar-refractivity contribution in [3.8, 4) is 0 Å². The van der Waals surface area contributed by atoms with Crippen LogP contribution in [0.3, 0.4) is 0 Å². The van der Waals surface area contributed by atoms with Crippen LogP contribution < -0.4 is 5.73 Å². The fourth-order valence-electron chi connectivity index (χ4n) is 3.10. The lowest BCUT2D eigenvalue weighted by atomic mass is 10.2. The third kappa shape index (κ3) is 2.16. The summed E-state index contributed by atoms with van der Waals surface area (Å²) in [4.78, 5) is 4.08. The maximum atomic E-state index is 13.8. The Balaban J connectivity index is 2.13. The predicted octanol–water partition coefficient (Wildman–Crippen LogP) is 3.74. The van der Waals surface area contributed by atoms with E-state index in [0.29, 0.717) is 10.8 Å². The van der Waals surface area contributed by atoms with Gasteiger partial charge in [-0.2, -0.15) is 11.8 Å². The summed E-state index contributed by atoms with van der Waals surface area (Å²) in [7, 11) is 0. The Labute approximate surface area is 120 Å². The summed E-state index contributed by atoms with van der Waals surface area (Å²) >= 11 is 1.88. The Bertz CT molecular complexity index is 641. The van der Waals surface area contributed by atoms with Crippen LogP contribution in [0.15, 0.2) is 12.1 Å². The molecule has 6 heteroatoms. The minimum atomic E-state index is -0.650. The van der Waals surface area contributed by atoms with Crippen molar-refractivity contribution < 1.29 is 8.78 Å². The highest BCUT2D eigenvalue weighted by Crippen LogP contribution is 2.41. The zero-order valence-electron chi connectivity index (χ0n) is 11.3. The Kier molecular flexibility index (Phi) is 3.58. The van der Waals surface area contributed by atoms with Crippen LogP contribution in [0.4, 0.5) is 14.7 Å². The lowest BCUT2D eigenvalue weighted by molar-refractivity contribution is 0.546. The van der Waals surface area contributed by atoms with Crippen LogP contribution in [0.5, 0.6) is 0 Å². The second kappa shape index (κ2) is 5.24. The topological polar surface area (TPSA) is 43.8 Å². The van der Waals surface area contributed by atoms with Crippen molar-refractivity contribution in [3.05, 3.63) is 23.8 Å². The average Bonchev–Trinajstić information content (AvgIpc) is 2.94. The lowest BCUT2D eigenvalue weighted by Crippen LogP contribution is -2.18. The molecule has 1 heterocycles. The van der Waals surface area contributed by atoms with E-state index in [4.69, 9.17) is 5.73 Å². The number of fused-ring (bicyclic) bond motifs is 1. The molecule has 0 radical (unpaired) electrons. The van der Waals surface area contributed by atoms with Crippen molar-refractivity contribution in [2.24, 2.45) is 0 Å². The van der Waals surface area contributed by atoms with Crippen molar-refractivity contribution in [3.63, 3.8) is 0 Å². The van der Waals surface area contributed by atoms with Gasteiger partial charge in [0.05, 0.1) is 5.52 Å². The molecule has 108 valence electrons. The first-order valence-electron chi connectivity index (χ1n) is 6.86. The second-order valence-corrected chi connectivity index (χ2v) is 6.60. The van der Waals surface area contributed by atoms with Crippen molar-refractivity contribution in [1.82, 2.24) is 9.55 Å². The number of hydrogen-bond donors (Lipinski definition) is 1. The summed E-state index contributed by atoms with van der Waals surface area (Å²) in [6.45, 7) is 2.12. The second-order valence-electron chi connectivity index (χ2n) is 5.09. The average molecular weight is 297 g/mol. The number of nitrogens with two attached hydrogens (primary N) is 1. The van der Waals surface area contributed by atoms with E-state index in [1.807, 2.05) is 16.3 Å². The van der Waals surface area contributed by atoms with E-state index in [2.05, 4.69) is 11.9 Å². The van der Waals surface area contributed by atoms with E-state index in [0.717, 1.165) is 31.1 Å². The highest BCUT2D eigenvalue weighted by atomic mass is 32.2. The molecule has 3 nitrogen and oxygen atoms in total. The first kappa shape index (κ1) is 13.7. The quantitative estimate of drug-likeness (QED) is 0.938. The third-order valence-electron chi connectivity index (χ3n) is 3.87. The van der Waals surface area contributed by atoms with Gasteiger partial charge in [0, 0.05) is 23.4 Å². The van der Waals surface area contributed by atoms with Crippen LogP contribution in [-0.2, 0) is 0 Å². The number of imidazole rings is 1. The first-order valence-corrected chi connectivity index (χ1v) is 7.90. The number of thioether (sulfide) groups is 1. The molecular weight excluding hydrogens is 280 g/mol. The lowest BCUT2D eigenvalue weighted by Gasteiger charge is -2.22. The minimum absolute atomic E-state index is 0.163. The van der Waals surface area contributed by atoms with E-state index in [1.165, 1.54) is 6.07 Å². The van der Waals surface area contributed by atoms with E-state index >= 15 is 0 Å². The molecule has 1 aliphatic carbocycles. The van der Waals surface area contributed by atoms with E-state index in [9.17, 15) is 8.78 Å². The number of aromatic nitrogens is 2. The molecule has 1 aliphatic rings. The maximum Gasteiger partial charge on any atom is 0.201 e. The molecule has 0 saturated heterocycles. The van der Waals surface area contributed by atoms with Crippen LogP contribution in [0, 0.1) is 11.6 Å². The van der Waals surface area contributed by atoms with E-state index in [-0.39, 0.29) is 17.5 Å². The van der Waals surface area contributed by atoms with Crippen LogP contribution in [0.2, 0.25) is 0 Å². The zero-order chi connectivity index (χ0) is 14.3. The van der Waals surface area contributed by atoms with Crippen LogP contribution in [0.1, 0.15) is 32.2 Å². The number of rotatable bonds is 3. The summed E-state index contributed by atoms with van der Waals surface area (Å²) in [6.07, 6.45) is 3.20. The number of nitrogen functional groups attached to an aromatic ring is 1. The van der Waals surface area contributed by atoms with Gasteiger partial charge in [-0.3, -0.25) is 0 Å². The van der Waals surface area contributed by atoms with Gasteiger partial charge >= 0.3 is 0 Å². The fraction of sp³-hybridized carbons (Fsp3) is 0.500. The summed E-state index contributed by atoms with van der Waals surface area (Å²) in [5.74, 6) is 0.0613. The largest absolute Gasteiger partial charge is 0.369 e. The molecule has 0 bridgehead atoms. The number of halogens is 2. The zero-order valence-corrected chi connectivity index (χ0v) is 12.1. The SMILES string of the molecule is CCSC1CCCC1n1c(N)nc2c(F)cc(F)cc21. The monoisotopic (exact) mass is 297 g/mol. The molecule has 2 aromatic rings. The Hall–Kier alpha value is -1.30. The van der Waals surface area contributed by atoms with Gasteiger partial charge in [0.25, 0.3) is 0 Å². The Morgan fingerprint density at radius 3 is 2.95 bits per heavy atom. The van der Waals surface area contributed by atoms with Gasteiger partial charge < -0.3 is 10.3 Å². The molecule has 3 rings (SSSR count). The van der Waals surface area contributed by atoms with Crippen molar-refractivity contribution >= 4 is 28.7 Å². The molecule has 1 fully saturated rings. The molecule has 1 aromatic carbocycles. The number of nitrogens with zero attached hydrogens (tertiary/aromatic N) is 2. The van der Waals surface area contributed by atoms with Gasteiger partial charge in [0.1, 0.15) is 11.3 Å². The highest BCUT2D eigenvalue weighted by molar-refractivity contribution is 7.99. The maximum absolute atomic E-state index is 13.8. The predicted molar refractivity (Wildman–Crippen MR) is 78.9 cm³/mol. The molecule has 1 aromatic heterocycles. The molecule has 1 saturated carbocycles. The van der Waals surface area contributed by atoms with Crippen molar-refractivity contribution in [2.75, 3.05) is 11.5 Å². The molecule has 20 heavy (non-hydrogen) atoms. The smallest absolute Gasteiger partial charge is 0.201 e. The first-order chi connectivity index (χ1) is 9.61. The van der Waals surface area contributed by atoms with Gasteiger partial charge in [0.2, 0.25) is 5.95 Å². The molecule has 0 aliphatic heterocycles. The molecular formula is C14H17F2N3S. The molecule has 2 unspecified atom stereocenters. The highest BCUT2D eigenvalue weighted by Gasteiger charge is 2.31. The summed E-state index contributed by atoms with van der Waals surface area (Å²) in [6, 6.07) is 2.35. The van der Waals surface area contributed by atoms with E-state index < -0.39 is 11.6 Å². The summed E-state index contributed by atoms with van der Waals surface area (Å²) in [5, 5.41) is 0.436. The third-order valence-corrected chi connectivity index (χ3v) is 5.18. The minimum Gasteiger partial charge on any atom is -0.369 e. The molecule has 0 spiro atoms. The summed E-state index contributed by atoms with van der Waals surface area (Å²) in [5.41, 5.74) is 6.59. The van der Waals surface area contributed by atoms with Gasteiger partial charge in [-0.15, -0.1) is 0 Å². The van der Waals surface area contributed by atoms with Crippen LogP contribution in [-0.4, -0.2) is 20.6 Å². The van der Waals surface area contributed by atoms with Crippen LogP contribution in [0.25, 0.3) is 11.0 Å². The van der Waals surface area contributed by atoms with Crippen LogP contribution >= 0.6 is 11.8 Å². The summed E-state index contributed by atoms with van der Waals surface area (Å²) < 4.78 is 29.1. The molecule has 0 amide bonds. The standard InChI is InChI=1S/C14H17F2N3S/c1-2-20-12-5-3-4-10(12)19-11-7-8(15)6-9(16)13(11)18-14(19)17/h6-7,10,12H,2-5H2,1H3,(H2,17,18). The fourth-order valence-corrected chi connectivity index (χ4v) is 4.34. The van der Waals surface area contributed by atoms with Crippen molar-refractivity contribution in [2.45, 2.75) is 37.5 Å². The Morgan fingerprint density at radius 2 is 2.20 bits per heavy atom. The molecule has 2 N–H and O–H groups in total. The van der Waals surface area contributed by atoms with Gasteiger partial charge in [-0.25, -0.2) is 13.8 Å². The normalized spacial score (nSPS) is 22.8. The number of anilines is 1. The molecule has 2 atom stereocenters. The Morgan fingerprint density at radius 1 is 1.40 bits per heavy atom. The number of hydrogen-bond acceptors (Lipinski definition) is 3. The van der Waals surface area contributed by atoms with Gasteiger partial charge in [0.15, 0.2) is 5.82 Å². The van der Waals surface area contributed by atoms with E-state index in [1.54, 1.807) is 0 Å².